The van der Waals surface area contributed by atoms with E-state index in [9.17, 15) is 9.59 Å². The normalized spacial score (nSPS) is 11.2. The van der Waals surface area contributed by atoms with E-state index in [1.165, 1.54) is 4.90 Å². The van der Waals surface area contributed by atoms with Gasteiger partial charge in [-0.2, -0.15) is 0 Å². The minimum absolute atomic E-state index is 0. The molecule has 0 saturated carbocycles. The van der Waals surface area contributed by atoms with Crippen LogP contribution in [0.25, 0.3) is 0 Å². The Morgan fingerprint density at radius 2 is 1.89 bits per heavy atom. The third-order valence-electron chi connectivity index (χ3n) is 2.35. The Balaban J connectivity index is 0.00000324. The van der Waals surface area contributed by atoms with Crippen molar-refractivity contribution in [2.75, 3.05) is 19.4 Å². The van der Waals surface area contributed by atoms with E-state index in [0.717, 1.165) is 0 Å². The van der Waals surface area contributed by atoms with E-state index >= 15 is 0 Å². The van der Waals surface area contributed by atoms with Crippen LogP contribution in [0.2, 0.25) is 0 Å². The van der Waals surface area contributed by atoms with Crippen LogP contribution in [-0.2, 0) is 4.79 Å². The van der Waals surface area contributed by atoms with Crippen molar-refractivity contribution in [2.45, 2.75) is 19.4 Å². The highest BCUT2D eigenvalue weighted by Crippen LogP contribution is 2.16. The van der Waals surface area contributed by atoms with Crippen LogP contribution >= 0.6 is 12.4 Å². The lowest BCUT2D eigenvalue weighted by atomic mass is 10.1. The first-order valence-corrected chi connectivity index (χ1v) is 5.78. The third kappa shape index (κ3) is 5.28. The van der Waals surface area contributed by atoms with Crippen LogP contribution in [0.15, 0.2) is 24.3 Å². The van der Waals surface area contributed by atoms with Crippen molar-refractivity contribution in [1.82, 2.24) is 4.90 Å². The molecule has 3 N–H and O–H groups in total. The highest BCUT2D eigenvalue weighted by molar-refractivity contribution is 6.03. The van der Waals surface area contributed by atoms with Gasteiger partial charge in [0.15, 0.2) is 0 Å². The summed E-state index contributed by atoms with van der Waals surface area (Å²) in [7, 11) is 3.34. The van der Waals surface area contributed by atoms with Crippen LogP contribution < -0.4 is 11.1 Å². The summed E-state index contributed by atoms with van der Waals surface area (Å²) in [5, 5.41) is 2.71. The summed E-state index contributed by atoms with van der Waals surface area (Å²) >= 11 is 0. The third-order valence-corrected chi connectivity index (χ3v) is 2.35. The fourth-order valence-electron chi connectivity index (χ4n) is 1.51. The van der Waals surface area contributed by atoms with Gasteiger partial charge in [0, 0.05) is 26.6 Å². The van der Waals surface area contributed by atoms with Gasteiger partial charge in [-0.05, 0) is 19.1 Å². The second-order valence-corrected chi connectivity index (χ2v) is 4.47. The number of amides is 2. The van der Waals surface area contributed by atoms with Crippen molar-refractivity contribution < 1.29 is 9.59 Å². The number of nitrogens with one attached hydrogen (secondary N) is 1. The molecular formula is C13H20ClN3O2. The molecule has 1 unspecified atom stereocenters. The van der Waals surface area contributed by atoms with E-state index in [1.54, 1.807) is 45.3 Å². The monoisotopic (exact) mass is 285 g/mol. The van der Waals surface area contributed by atoms with Crippen LogP contribution in [-0.4, -0.2) is 36.9 Å². The fourth-order valence-corrected chi connectivity index (χ4v) is 1.51. The van der Waals surface area contributed by atoms with Gasteiger partial charge in [0.2, 0.25) is 5.91 Å². The van der Waals surface area contributed by atoms with Crippen LogP contribution in [0, 0.1) is 0 Å². The number of nitrogens with two attached hydrogens (primary N) is 1. The molecule has 0 heterocycles. The molecule has 1 rings (SSSR count). The number of hydrogen-bond acceptors (Lipinski definition) is 3. The minimum atomic E-state index is -0.207. The van der Waals surface area contributed by atoms with Crippen molar-refractivity contribution >= 4 is 29.9 Å². The Morgan fingerprint density at radius 1 is 1.32 bits per heavy atom. The minimum Gasteiger partial charge on any atom is -0.345 e. The molecule has 0 radical (unpaired) electrons. The molecule has 0 fully saturated rings. The van der Waals surface area contributed by atoms with Crippen molar-refractivity contribution in [3.8, 4) is 0 Å². The SMILES string of the molecule is CC(N)CC(=O)Nc1ccccc1C(=O)N(C)C.Cl. The van der Waals surface area contributed by atoms with Gasteiger partial charge in [0.25, 0.3) is 5.91 Å². The number of hydrogen-bond donors (Lipinski definition) is 2. The molecule has 6 heteroatoms. The molecule has 0 aliphatic rings. The second-order valence-electron chi connectivity index (χ2n) is 4.47. The standard InChI is InChI=1S/C13H19N3O2.ClH/c1-9(14)8-12(17)15-11-7-5-4-6-10(11)13(18)16(2)3;/h4-7,9H,8,14H2,1-3H3,(H,15,17);1H. The number of carbonyl (C=O) groups is 2. The molecule has 0 aliphatic carbocycles. The lowest BCUT2D eigenvalue weighted by molar-refractivity contribution is -0.116. The molecule has 0 bridgehead atoms. The van der Waals surface area contributed by atoms with Gasteiger partial charge in [0.05, 0.1) is 11.3 Å². The van der Waals surface area contributed by atoms with E-state index in [0.29, 0.717) is 11.3 Å². The molecule has 0 spiro atoms. The van der Waals surface area contributed by atoms with Gasteiger partial charge in [0.1, 0.15) is 0 Å². The van der Waals surface area contributed by atoms with Crippen LogP contribution in [0.4, 0.5) is 5.69 Å². The maximum atomic E-state index is 11.9. The zero-order valence-electron chi connectivity index (χ0n) is 11.3. The molecule has 5 nitrogen and oxygen atoms in total. The van der Waals surface area contributed by atoms with E-state index in [2.05, 4.69) is 5.32 Å². The van der Waals surface area contributed by atoms with Gasteiger partial charge >= 0.3 is 0 Å². The zero-order valence-corrected chi connectivity index (χ0v) is 12.2. The molecule has 1 aromatic carbocycles. The number of para-hydroxylation sites is 1. The van der Waals surface area contributed by atoms with Crippen LogP contribution in [0.5, 0.6) is 0 Å². The molecule has 1 atom stereocenters. The van der Waals surface area contributed by atoms with Gasteiger partial charge in [-0.1, -0.05) is 12.1 Å². The van der Waals surface area contributed by atoms with Gasteiger partial charge in [-0.15, -0.1) is 12.4 Å². The Bertz CT molecular complexity index is 447. The molecule has 0 saturated heterocycles. The van der Waals surface area contributed by atoms with Crippen molar-refractivity contribution in [3.63, 3.8) is 0 Å². The van der Waals surface area contributed by atoms with Gasteiger partial charge < -0.3 is 16.0 Å². The molecule has 106 valence electrons. The lowest BCUT2D eigenvalue weighted by Gasteiger charge is -2.15. The summed E-state index contributed by atoms with van der Waals surface area (Å²) in [5.74, 6) is -0.337. The van der Waals surface area contributed by atoms with Gasteiger partial charge in [-0.25, -0.2) is 0 Å². The highest BCUT2D eigenvalue weighted by atomic mass is 35.5. The zero-order chi connectivity index (χ0) is 13.7. The number of benzene rings is 1. The average molecular weight is 286 g/mol. The summed E-state index contributed by atoms with van der Waals surface area (Å²) in [4.78, 5) is 25.0. The summed E-state index contributed by atoms with van der Waals surface area (Å²) in [6.45, 7) is 1.76. The number of nitrogens with zero attached hydrogens (tertiary/aromatic N) is 1. The highest BCUT2D eigenvalue weighted by Gasteiger charge is 2.14. The molecule has 2 amide bonds. The maximum Gasteiger partial charge on any atom is 0.255 e. The Morgan fingerprint density at radius 3 is 2.42 bits per heavy atom. The molecular weight excluding hydrogens is 266 g/mol. The largest absolute Gasteiger partial charge is 0.345 e. The van der Waals surface area contributed by atoms with E-state index in [4.69, 9.17) is 5.73 Å². The number of carbonyl (C=O) groups excluding carboxylic acids is 2. The van der Waals surface area contributed by atoms with E-state index in [-0.39, 0.29) is 36.7 Å². The Hall–Kier alpha value is -1.59. The number of rotatable bonds is 4. The van der Waals surface area contributed by atoms with E-state index < -0.39 is 0 Å². The van der Waals surface area contributed by atoms with Crippen molar-refractivity contribution in [1.29, 1.82) is 0 Å². The van der Waals surface area contributed by atoms with Crippen LogP contribution in [0.1, 0.15) is 23.7 Å². The smallest absolute Gasteiger partial charge is 0.255 e. The Kier molecular flexibility index (Phi) is 7.11. The maximum absolute atomic E-state index is 11.9. The molecule has 0 aliphatic heterocycles. The summed E-state index contributed by atoms with van der Waals surface area (Å²) < 4.78 is 0. The summed E-state index contributed by atoms with van der Waals surface area (Å²) in [5.41, 5.74) is 6.55. The van der Waals surface area contributed by atoms with Crippen molar-refractivity contribution in [2.24, 2.45) is 5.73 Å². The van der Waals surface area contributed by atoms with E-state index in [1.807, 2.05) is 0 Å². The first-order chi connectivity index (χ1) is 8.41. The topological polar surface area (TPSA) is 75.4 Å². The predicted octanol–water partition coefficient (Wildman–Crippen LogP) is 1.49. The first-order valence-electron chi connectivity index (χ1n) is 5.78. The first kappa shape index (κ1) is 17.4. The Labute approximate surface area is 119 Å². The fraction of sp³-hybridized carbons (Fsp3) is 0.385. The molecule has 1 aromatic rings. The molecule has 0 aromatic heterocycles. The molecule has 19 heavy (non-hydrogen) atoms. The quantitative estimate of drug-likeness (QED) is 0.880. The number of halogens is 1. The van der Waals surface area contributed by atoms with Crippen molar-refractivity contribution in [3.05, 3.63) is 29.8 Å². The van der Waals surface area contributed by atoms with Crippen LogP contribution in [0.3, 0.4) is 0 Å². The van der Waals surface area contributed by atoms with Gasteiger partial charge in [-0.3, -0.25) is 9.59 Å². The number of anilines is 1. The predicted molar refractivity (Wildman–Crippen MR) is 78.6 cm³/mol. The summed E-state index contributed by atoms with van der Waals surface area (Å²) in [6, 6.07) is 6.72. The lowest BCUT2D eigenvalue weighted by Crippen LogP contribution is -2.26. The average Bonchev–Trinajstić information content (AvgIpc) is 2.27. The summed E-state index contributed by atoms with van der Waals surface area (Å²) in [6.07, 6.45) is 0.227. The second kappa shape index (κ2) is 7.76.